The minimum Gasteiger partial charge on any atom is -0.400 e. The topological polar surface area (TPSA) is 91.6 Å². The maximum atomic E-state index is 13.1. The molecule has 3 N–H and O–H groups in total. The van der Waals surface area contributed by atoms with Crippen LogP contribution in [0, 0.1) is 25.2 Å². The van der Waals surface area contributed by atoms with E-state index in [2.05, 4.69) is 34.6 Å². The van der Waals surface area contributed by atoms with Crippen molar-refractivity contribution in [2.24, 2.45) is 0 Å². The van der Waals surface area contributed by atoms with E-state index in [9.17, 15) is 10.1 Å². The minimum absolute atomic E-state index is 0.130. The van der Waals surface area contributed by atoms with Crippen molar-refractivity contribution >= 4 is 17.3 Å². The van der Waals surface area contributed by atoms with Gasteiger partial charge in [0, 0.05) is 63.7 Å². The monoisotopic (exact) mass is 449 g/mol. The predicted octanol–water partition coefficient (Wildman–Crippen LogP) is 2.91. The van der Waals surface area contributed by atoms with Gasteiger partial charge in [0.2, 0.25) is 0 Å². The van der Waals surface area contributed by atoms with Crippen LogP contribution in [0.5, 0.6) is 0 Å². The molecule has 0 unspecified atom stereocenters. The van der Waals surface area contributed by atoms with Gasteiger partial charge in [-0.2, -0.15) is 5.26 Å². The summed E-state index contributed by atoms with van der Waals surface area (Å²) in [4.78, 5) is 17.3. The zero-order valence-electron chi connectivity index (χ0n) is 19.9. The summed E-state index contributed by atoms with van der Waals surface area (Å²) in [6.07, 6.45) is 1.99. The predicted molar refractivity (Wildman–Crippen MR) is 133 cm³/mol. The van der Waals surface area contributed by atoms with E-state index in [4.69, 9.17) is 5.11 Å². The lowest BCUT2D eigenvalue weighted by Crippen LogP contribution is -2.46. The van der Waals surface area contributed by atoms with Crippen LogP contribution in [0.2, 0.25) is 0 Å². The number of piperidine rings is 1. The number of hydrogen-bond donors (Lipinski definition) is 3. The molecule has 7 heteroatoms. The van der Waals surface area contributed by atoms with Crippen molar-refractivity contribution in [3.63, 3.8) is 0 Å². The van der Waals surface area contributed by atoms with Crippen LogP contribution in [0.15, 0.2) is 36.4 Å². The number of aliphatic hydroxyl groups excluding tert-OH is 1. The number of carbonyl (C=O) groups is 1. The Labute approximate surface area is 197 Å². The number of carbonyl (C=O) groups excluding carboxylic acids is 1. The normalized spacial score (nSPS) is 16.5. The van der Waals surface area contributed by atoms with E-state index >= 15 is 0 Å². The summed E-state index contributed by atoms with van der Waals surface area (Å²) in [6, 6.07) is 14.6. The molecule has 0 radical (unpaired) electrons. The Kier molecular flexibility index (Phi) is 8.70. The summed E-state index contributed by atoms with van der Waals surface area (Å²) < 4.78 is 0. The summed E-state index contributed by atoms with van der Waals surface area (Å²) in [5.41, 5.74) is 5.83. The van der Waals surface area contributed by atoms with Crippen molar-refractivity contribution in [1.29, 1.82) is 5.26 Å². The summed E-state index contributed by atoms with van der Waals surface area (Å²) in [6.45, 7) is 9.19. The van der Waals surface area contributed by atoms with Gasteiger partial charge in [-0.3, -0.25) is 4.79 Å². The quantitative estimate of drug-likeness (QED) is 0.665. The van der Waals surface area contributed by atoms with E-state index < -0.39 is 0 Å². The van der Waals surface area contributed by atoms with Crippen LogP contribution in [0.1, 0.15) is 39.9 Å². The van der Waals surface area contributed by atoms with Gasteiger partial charge in [-0.1, -0.05) is 18.2 Å². The molecule has 2 aromatic carbocycles. The molecule has 1 amide bonds. The molecule has 176 valence electrons. The van der Waals surface area contributed by atoms with Gasteiger partial charge in [0.1, 0.15) is 6.07 Å². The molecule has 0 aliphatic carbocycles. The maximum Gasteiger partial charge on any atom is 0.254 e. The number of hydrogen-bond acceptors (Lipinski definition) is 6. The first-order valence-corrected chi connectivity index (χ1v) is 11.6. The van der Waals surface area contributed by atoms with Gasteiger partial charge >= 0.3 is 0 Å². The number of benzene rings is 2. The Hall–Kier alpha value is -3.08. The fraction of sp³-hybridized carbons (Fsp3) is 0.462. The van der Waals surface area contributed by atoms with E-state index in [0.717, 1.165) is 87.3 Å². The Morgan fingerprint density at radius 2 is 1.73 bits per heavy atom. The minimum atomic E-state index is 0.130. The van der Waals surface area contributed by atoms with Gasteiger partial charge in [-0.05, 0) is 56.0 Å². The van der Waals surface area contributed by atoms with Crippen molar-refractivity contribution in [3.8, 4) is 6.07 Å². The number of rotatable bonds is 4. The number of aryl methyl sites for hydroxylation is 2. The number of piperazine rings is 1. The zero-order chi connectivity index (χ0) is 23.8. The molecule has 2 saturated heterocycles. The average Bonchev–Trinajstić information content (AvgIpc) is 2.87. The molecule has 2 aliphatic rings. The standard InChI is InChI=1S/C25H31N5O.CH4O/c1-18-15-19(2)23(16-22(18)25(31)30-13-9-27-10-14-30)28-21-7-11-29(12-8-21)24-6-4-3-5-20(24)17-26;1-2/h3-6,15-16,21,27-28H,7-14H2,1-2H3;2H,1H3. The third-order valence-corrected chi connectivity index (χ3v) is 6.43. The molecule has 33 heavy (non-hydrogen) atoms. The Morgan fingerprint density at radius 3 is 2.39 bits per heavy atom. The molecule has 2 fully saturated rings. The largest absolute Gasteiger partial charge is 0.400 e. The highest BCUT2D eigenvalue weighted by Crippen LogP contribution is 2.27. The number of para-hydroxylation sites is 1. The van der Waals surface area contributed by atoms with Crippen LogP contribution in [0.25, 0.3) is 0 Å². The molecule has 0 saturated carbocycles. The molecule has 4 rings (SSSR count). The number of anilines is 2. The van der Waals surface area contributed by atoms with Crippen LogP contribution in [-0.4, -0.2) is 68.3 Å². The second-order valence-electron chi connectivity index (χ2n) is 8.56. The lowest BCUT2D eigenvalue weighted by molar-refractivity contribution is 0.0735. The SMILES string of the molecule is CO.Cc1cc(C)c(C(=O)N2CCNCC2)cc1NC1CCN(c2ccccc2C#N)CC1. The highest BCUT2D eigenvalue weighted by atomic mass is 16.2. The molecule has 2 heterocycles. The second kappa shape index (κ2) is 11.7. The Balaban J connectivity index is 0.00000149. The number of amides is 1. The van der Waals surface area contributed by atoms with Crippen molar-refractivity contribution < 1.29 is 9.90 Å². The zero-order valence-corrected chi connectivity index (χ0v) is 19.9. The van der Waals surface area contributed by atoms with Gasteiger partial charge in [-0.15, -0.1) is 0 Å². The first kappa shape index (κ1) is 24.6. The lowest BCUT2D eigenvalue weighted by Gasteiger charge is -2.35. The van der Waals surface area contributed by atoms with Crippen LogP contribution < -0.4 is 15.5 Å². The van der Waals surface area contributed by atoms with Crippen LogP contribution in [0.3, 0.4) is 0 Å². The van der Waals surface area contributed by atoms with Crippen molar-refractivity contribution in [1.82, 2.24) is 10.2 Å². The molecule has 2 aliphatic heterocycles. The summed E-state index contributed by atoms with van der Waals surface area (Å²) >= 11 is 0. The van der Waals surface area contributed by atoms with E-state index in [1.165, 1.54) is 5.56 Å². The number of nitrogens with zero attached hydrogens (tertiary/aromatic N) is 3. The number of aliphatic hydroxyl groups is 1. The molecule has 0 spiro atoms. The number of nitrogens with one attached hydrogen (secondary N) is 2. The van der Waals surface area contributed by atoms with Gasteiger partial charge in [0.15, 0.2) is 0 Å². The van der Waals surface area contributed by atoms with Crippen molar-refractivity contribution in [2.45, 2.75) is 32.7 Å². The summed E-state index contributed by atoms with van der Waals surface area (Å²) in [5.74, 6) is 0.130. The fourth-order valence-electron chi connectivity index (χ4n) is 4.61. The van der Waals surface area contributed by atoms with E-state index in [1.807, 2.05) is 42.2 Å². The molecule has 0 atom stereocenters. The molecular formula is C26H35N5O2. The number of nitriles is 1. The molecular weight excluding hydrogens is 414 g/mol. The third-order valence-electron chi connectivity index (χ3n) is 6.43. The molecule has 2 aromatic rings. The lowest BCUT2D eigenvalue weighted by atomic mass is 9.99. The summed E-state index contributed by atoms with van der Waals surface area (Å²) in [7, 11) is 1.00. The Morgan fingerprint density at radius 1 is 1.06 bits per heavy atom. The van der Waals surface area contributed by atoms with Gasteiger partial charge < -0.3 is 25.5 Å². The van der Waals surface area contributed by atoms with E-state index in [1.54, 1.807) is 0 Å². The van der Waals surface area contributed by atoms with E-state index in [0.29, 0.717) is 6.04 Å². The van der Waals surface area contributed by atoms with E-state index in [-0.39, 0.29) is 5.91 Å². The summed E-state index contributed by atoms with van der Waals surface area (Å²) in [5, 5.41) is 23.4. The van der Waals surface area contributed by atoms with Gasteiger partial charge in [-0.25, -0.2) is 0 Å². The van der Waals surface area contributed by atoms with Crippen LogP contribution >= 0.6 is 0 Å². The smallest absolute Gasteiger partial charge is 0.254 e. The second-order valence-corrected chi connectivity index (χ2v) is 8.56. The molecule has 0 aromatic heterocycles. The fourth-order valence-corrected chi connectivity index (χ4v) is 4.61. The first-order valence-electron chi connectivity index (χ1n) is 11.6. The third kappa shape index (κ3) is 5.84. The first-order chi connectivity index (χ1) is 16.1. The maximum absolute atomic E-state index is 13.1. The Bertz CT molecular complexity index is 987. The average molecular weight is 450 g/mol. The highest BCUT2D eigenvalue weighted by Gasteiger charge is 2.24. The van der Waals surface area contributed by atoms with Gasteiger partial charge in [0.05, 0.1) is 11.3 Å². The van der Waals surface area contributed by atoms with Crippen molar-refractivity contribution in [2.75, 3.05) is 56.6 Å². The molecule has 0 bridgehead atoms. The van der Waals surface area contributed by atoms with Gasteiger partial charge in [0.25, 0.3) is 5.91 Å². The molecule has 7 nitrogen and oxygen atoms in total. The van der Waals surface area contributed by atoms with Crippen LogP contribution in [-0.2, 0) is 0 Å². The highest BCUT2D eigenvalue weighted by molar-refractivity contribution is 5.97. The van der Waals surface area contributed by atoms with Crippen molar-refractivity contribution in [3.05, 3.63) is 58.7 Å². The van der Waals surface area contributed by atoms with Crippen LogP contribution in [0.4, 0.5) is 11.4 Å².